The van der Waals surface area contributed by atoms with Crippen molar-refractivity contribution < 1.29 is 4.79 Å². The Morgan fingerprint density at radius 2 is 1.95 bits per heavy atom. The fraction of sp³-hybridized carbons (Fsp3) is 0.214. The van der Waals surface area contributed by atoms with Gasteiger partial charge in [-0.05, 0) is 18.1 Å². The minimum atomic E-state index is -0.277. The predicted molar refractivity (Wildman–Crippen MR) is 71.7 cm³/mol. The molecule has 1 N–H and O–H groups in total. The fourth-order valence-corrected chi connectivity index (χ4v) is 1.69. The van der Waals surface area contributed by atoms with Gasteiger partial charge in [-0.1, -0.05) is 30.3 Å². The topological polar surface area (TPSA) is 64.0 Å². The second-order valence-corrected chi connectivity index (χ2v) is 4.11. The molecule has 0 radical (unpaired) electrons. The van der Waals surface area contributed by atoms with Crippen molar-refractivity contribution in [1.82, 2.24) is 15.1 Å². The minimum Gasteiger partial charge on any atom is -0.354 e. The van der Waals surface area contributed by atoms with E-state index in [4.69, 9.17) is 0 Å². The number of benzene rings is 1. The average Bonchev–Trinajstić information content (AvgIpc) is 2.43. The standard InChI is InChI=1S/C14H15N3O2/c18-13(11-17-14(19)7-4-9-16-17)15-10-8-12-5-2-1-3-6-12/h1-7,9H,8,10-11H2,(H,15,18). The molecule has 0 unspecified atom stereocenters. The van der Waals surface area contributed by atoms with E-state index in [1.54, 1.807) is 6.07 Å². The van der Waals surface area contributed by atoms with E-state index in [9.17, 15) is 9.59 Å². The van der Waals surface area contributed by atoms with Gasteiger partial charge in [0.25, 0.3) is 5.56 Å². The molecule has 1 amide bonds. The Bertz CT molecular complexity index is 593. The third kappa shape index (κ3) is 4.06. The molecule has 0 aliphatic rings. The lowest BCUT2D eigenvalue weighted by Crippen LogP contribution is -2.34. The molecule has 0 fully saturated rings. The second kappa shape index (κ2) is 6.49. The van der Waals surface area contributed by atoms with Gasteiger partial charge in [0, 0.05) is 18.8 Å². The Labute approximate surface area is 110 Å². The van der Waals surface area contributed by atoms with Crippen molar-refractivity contribution in [1.29, 1.82) is 0 Å². The summed E-state index contributed by atoms with van der Waals surface area (Å²) < 4.78 is 1.14. The quantitative estimate of drug-likeness (QED) is 0.853. The molecule has 1 aromatic heterocycles. The molecule has 2 aromatic rings. The maximum absolute atomic E-state index is 11.6. The molecule has 0 saturated heterocycles. The van der Waals surface area contributed by atoms with Gasteiger partial charge in [-0.3, -0.25) is 9.59 Å². The lowest BCUT2D eigenvalue weighted by molar-refractivity contribution is -0.121. The van der Waals surface area contributed by atoms with E-state index in [2.05, 4.69) is 10.4 Å². The van der Waals surface area contributed by atoms with Crippen molar-refractivity contribution in [2.24, 2.45) is 0 Å². The fourth-order valence-electron chi connectivity index (χ4n) is 1.69. The lowest BCUT2D eigenvalue weighted by Gasteiger charge is -2.06. The number of carbonyl (C=O) groups is 1. The van der Waals surface area contributed by atoms with Crippen molar-refractivity contribution >= 4 is 5.91 Å². The second-order valence-electron chi connectivity index (χ2n) is 4.11. The normalized spacial score (nSPS) is 10.1. The van der Waals surface area contributed by atoms with Gasteiger partial charge in [-0.15, -0.1) is 0 Å². The first kappa shape index (κ1) is 13.0. The van der Waals surface area contributed by atoms with Crippen LogP contribution in [-0.2, 0) is 17.8 Å². The van der Waals surface area contributed by atoms with Crippen LogP contribution in [0.25, 0.3) is 0 Å². The maximum Gasteiger partial charge on any atom is 0.267 e. The Morgan fingerprint density at radius 1 is 1.16 bits per heavy atom. The van der Waals surface area contributed by atoms with Gasteiger partial charge in [-0.2, -0.15) is 5.10 Å². The smallest absolute Gasteiger partial charge is 0.267 e. The number of carbonyl (C=O) groups excluding carboxylic acids is 1. The molecule has 1 aromatic carbocycles. The molecule has 0 bridgehead atoms. The molecule has 0 saturated carbocycles. The highest BCUT2D eigenvalue weighted by molar-refractivity contribution is 5.75. The number of aromatic nitrogens is 2. The number of hydrogen-bond acceptors (Lipinski definition) is 3. The Balaban J connectivity index is 1.79. The van der Waals surface area contributed by atoms with Crippen LogP contribution >= 0.6 is 0 Å². The van der Waals surface area contributed by atoms with E-state index in [-0.39, 0.29) is 18.0 Å². The Kier molecular flexibility index (Phi) is 4.44. The first-order valence-electron chi connectivity index (χ1n) is 6.08. The molecular weight excluding hydrogens is 242 g/mol. The number of hydrogen-bond donors (Lipinski definition) is 1. The summed E-state index contributed by atoms with van der Waals surface area (Å²) in [4.78, 5) is 23.0. The molecule has 0 aliphatic carbocycles. The summed E-state index contributed by atoms with van der Waals surface area (Å²) in [6, 6.07) is 12.8. The average molecular weight is 257 g/mol. The third-order valence-corrected chi connectivity index (χ3v) is 2.66. The van der Waals surface area contributed by atoms with Gasteiger partial charge in [0.15, 0.2) is 0 Å². The Hall–Kier alpha value is -2.43. The number of amides is 1. The van der Waals surface area contributed by atoms with Crippen molar-refractivity contribution in [3.63, 3.8) is 0 Å². The highest BCUT2D eigenvalue weighted by Gasteiger charge is 2.04. The van der Waals surface area contributed by atoms with E-state index in [1.807, 2.05) is 30.3 Å². The maximum atomic E-state index is 11.6. The van der Waals surface area contributed by atoms with Gasteiger partial charge < -0.3 is 5.32 Å². The van der Waals surface area contributed by atoms with Crippen molar-refractivity contribution in [2.45, 2.75) is 13.0 Å². The van der Waals surface area contributed by atoms with Gasteiger partial charge in [0.1, 0.15) is 6.54 Å². The highest BCUT2D eigenvalue weighted by atomic mass is 16.2. The van der Waals surface area contributed by atoms with Gasteiger partial charge >= 0.3 is 0 Å². The summed E-state index contributed by atoms with van der Waals surface area (Å²) in [6.45, 7) is 0.499. The largest absolute Gasteiger partial charge is 0.354 e. The van der Waals surface area contributed by atoms with Crippen LogP contribution in [0.3, 0.4) is 0 Å². The summed E-state index contributed by atoms with van der Waals surface area (Å²) in [5.41, 5.74) is 0.888. The van der Waals surface area contributed by atoms with Crippen LogP contribution < -0.4 is 10.9 Å². The first-order chi connectivity index (χ1) is 9.25. The molecule has 0 atom stereocenters. The van der Waals surface area contributed by atoms with Crippen LogP contribution in [-0.4, -0.2) is 22.2 Å². The van der Waals surface area contributed by atoms with E-state index < -0.39 is 0 Å². The zero-order valence-corrected chi connectivity index (χ0v) is 10.5. The molecular formula is C14H15N3O2. The van der Waals surface area contributed by atoms with E-state index in [0.717, 1.165) is 16.7 Å². The van der Waals surface area contributed by atoms with Crippen molar-refractivity contribution in [3.8, 4) is 0 Å². The third-order valence-electron chi connectivity index (χ3n) is 2.66. The molecule has 98 valence electrons. The van der Waals surface area contributed by atoms with Crippen molar-refractivity contribution in [2.75, 3.05) is 6.54 Å². The summed E-state index contributed by atoms with van der Waals surface area (Å²) in [6.07, 6.45) is 2.25. The monoisotopic (exact) mass is 257 g/mol. The molecule has 0 aliphatic heterocycles. The zero-order chi connectivity index (χ0) is 13.5. The number of rotatable bonds is 5. The van der Waals surface area contributed by atoms with Crippen LogP contribution in [0.4, 0.5) is 0 Å². The van der Waals surface area contributed by atoms with Gasteiger partial charge in [0.2, 0.25) is 5.91 Å². The number of nitrogens with one attached hydrogen (secondary N) is 1. The summed E-state index contributed by atoms with van der Waals surface area (Å²) in [7, 11) is 0. The summed E-state index contributed by atoms with van der Waals surface area (Å²) in [5.74, 6) is -0.211. The van der Waals surface area contributed by atoms with Crippen LogP contribution in [0.1, 0.15) is 5.56 Å². The molecule has 0 spiro atoms. The highest BCUT2D eigenvalue weighted by Crippen LogP contribution is 1.97. The zero-order valence-electron chi connectivity index (χ0n) is 10.5. The van der Waals surface area contributed by atoms with Gasteiger partial charge in [-0.25, -0.2) is 4.68 Å². The summed E-state index contributed by atoms with van der Waals surface area (Å²) in [5, 5.41) is 6.60. The van der Waals surface area contributed by atoms with Crippen LogP contribution in [0, 0.1) is 0 Å². The van der Waals surface area contributed by atoms with E-state index in [1.165, 1.54) is 12.3 Å². The Morgan fingerprint density at radius 3 is 2.68 bits per heavy atom. The van der Waals surface area contributed by atoms with E-state index in [0.29, 0.717) is 6.54 Å². The van der Waals surface area contributed by atoms with E-state index >= 15 is 0 Å². The van der Waals surface area contributed by atoms with Crippen molar-refractivity contribution in [3.05, 3.63) is 64.6 Å². The molecule has 1 heterocycles. The first-order valence-corrected chi connectivity index (χ1v) is 6.08. The predicted octanol–water partition coefficient (Wildman–Crippen LogP) is 0.602. The molecule has 5 nitrogen and oxygen atoms in total. The SMILES string of the molecule is O=C(Cn1ncccc1=O)NCCc1ccccc1. The minimum absolute atomic E-state index is 0.0472. The molecule has 2 rings (SSSR count). The van der Waals surface area contributed by atoms with Gasteiger partial charge in [0.05, 0.1) is 0 Å². The van der Waals surface area contributed by atoms with Crippen LogP contribution in [0.2, 0.25) is 0 Å². The number of nitrogens with zero attached hydrogens (tertiary/aromatic N) is 2. The van der Waals surface area contributed by atoms with Crippen LogP contribution in [0.15, 0.2) is 53.5 Å². The summed E-state index contributed by atoms with van der Waals surface area (Å²) >= 11 is 0. The lowest BCUT2D eigenvalue weighted by atomic mass is 10.1. The molecule has 5 heteroatoms. The van der Waals surface area contributed by atoms with Crippen LogP contribution in [0.5, 0.6) is 0 Å². The molecule has 19 heavy (non-hydrogen) atoms.